The van der Waals surface area contributed by atoms with Crippen LogP contribution in [0.5, 0.6) is 5.75 Å². The molecule has 5 heteroatoms. The highest BCUT2D eigenvalue weighted by molar-refractivity contribution is 6.05. The van der Waals surface area contributed by atoms with Crippen molar-refractivity contribution in [3.8, 4) is 16.9 Å². The lowest BCUT2D eigenvalue weighted by molar-refractivity contribution is -0.127. The molecule has 1 N–H and O–H groups in total. The monoisotopic (exact) mass is 428 g/mol. The van der Waals surface area contributed by atoms with Crippen molar-refractivity contribution in [2.45, 2.75) is 38.9 Å². The van der Waals surface area contributed by atoms with E-state index < -0.39 is 11.6 Å². The number of fused-ring (bicyclic) bond motifs is 1. The van der Waals surface area contributed by atoms with Crippen LogP contribution in [-0.4, -0.2) is 29.4 Å². The van der Waals surface area contributed by atoms with E-state index in [1.165, 1.54) is 0 Å². The van der Waals surface area contributed by atoms with E-state index in [1.54, 1.807) is 24.1 Å². The normalized spacial score (nSPS) is 15.4. The third-order valence-electron chi connectivity index (χ3n) is 5.55. The van der Waals surface area contributed by atoms with Crippen molar-refractivity contribution >= 4 is 11.8 Å². The SMILES string of the molecule is COc1ccc2c(c1)C(=O)N(Cc1ccccc1-c1ccccc1)C2C(=O)NC(C)(C)C. The lowest BCUT2D eigenvalue weighted by atomic mass is 9.98. The van der Waals surface area contributed by atoms with E-state index in [9.17, 15) is 9.59 Å². The number of carbonyl (C=O) groups excluding carboxylic acids is 2. The van der Waals surface area contributed by atoms with Crippen LogP contribution in [-0.2, 0) is 11.3 Å². The minimum absolute atomic E-state index is 0.171. The maximum absolute atomic E-state index is 13.5. The first-order valence-corrected chi connectivity index (χ1v) is 10.7. The van der Waals surface area contributed by atoms with Gasteiger partial charge in [-0.1, -0.05) is 60.7 Å². The van der Waals surface area contributed by atoms with Crippen molar-refractivity contribution in [1.82, 2.24) is 10.2 Å². The highest BCUT2D eigenvalue weighted by Crippen LogP contribution is 2.38. The fourth-order valence-electron chi connectivity index (χ4n) is 4.15. The van der Waals surface area contributed by atoms with Gasteiger partial charge >= 0.3 is 0 Å². The first kappa shape index (κ1) is 21.6. The molecule has 3 aromatic carbocycles. The maximum Gasteiger partial charge on any atom is 0.255 e. The summed E-state index contributed by atoms with van der Waals surface area (Å²) in [6, 6.07) is 22.7. The van der Waals surface area contributed by atoms with E-state index >= 15 is 0 Å². The van der Waals surface area contributed by atoms with Gasteiger partial charge in [0.2, 0.25) is 5.91 Å². The van der Waals surface area contributed by atoms with Crippen molar-refractivity contribution in [2.24, 2.45) is 0 Å². The van der Waals surface area contributed by atoms with Gasteiger partial charge in [0, 0.05) is 17.6 Å². The molecular weight excluding hydrogens is 400 g/mol. The van der Waals surface area contributed by atoms with Gasteiger partial charge in [-0.2, -0.15) is 0 Å². The van der Waals surface area contributed by atoms with Crippen LogP contribution in [0.2, 0.25) is 0 Å². The first-order valence-electron chi connectivity index (χ1n) is 10.7. The molecule has 1 aliphatic rings. The molecule has 0 fully saturated rings. The lowest BCUT2D eigenvalue weighted by Gasteiger charge is -2.29. The van der Waals surface area contributed by atoms with E-state index in [0.29, 0.717) is 23.4 Å². The summed E-state index contributed by atoms with van der Waals surface area (Å²) in [6.45, 7) is 6.13. The fourth-order valence-corrected chi connectivity index (χ4v) is 4.15. The maximum atomic E-state index is 13.5. The van der Waals surface area contributed by atoms with Crippen LogP contribution < -0.4 is 10.1 Å². The Morgan fingerprint density at radius 1 is 0.969 bits per heavy atom. The van der Waals surface area contributed by atoms with Gasteiger partial charge in [0.1, 0.15) is 11.8 Å². The molecule has 0 saturated heterocycles. The van der Waals surface area contributed by atoms with Gasteiger partial charge in [-0.05, 0) is 55.2 Å². The Kier molecular flexibility index (Phi) is 5.74. The second kappa shape index (κ2) is 8.50. The van der Waals surface area contributed by atoms with Gasteiger partial charge in [0.05, 0.1) is 7.11 Å². The van der Waals surface area contributed by atoms with Crippen molar-refractivity contribution in [3.05, 3.63) is 89.5 Å². The number of rotatable bonds is 5. The Morgan fingerprint density at radius 2 is 1.66 bits per heavy atom. The molecule has 0 aromatic heterocycles. The predicted molar refractivity (Wildman–Crippen MR) is 125 cm³/mol. The van der Waals surface area contributed by atoms with E-state index in [4.69, 9.17) is 4.74 Å². The smallest absolute Gasteiger partial charge is 0.255 e. The number of methoxy groups -OCH3 is 1. The minimum Gasteiger partial charge on any atom is -0.497 e. The molecule has 0 saturated carbocycles. The van der Waals surface area contributed by atoms with E-state index in [2.05, 4.69) is 5.32 Å². The first-order chi connectivity index (χ1) is 15.3. The number of carbonyl (C=O) groups is 2. The molecule has 3 aromatic rings. The largest absolute Gasteiger partial charge is 0.497 e. The molecule has 32 heavy (non-hydrogen) atoms. The molecule has 5 nitrogen and oxygen atoms in total. The Morgan fingerprint density at radius 3 is 2.34 bits per heavy atom. The van der Waals surface area contributed by atoms with Gasteiger partial charge in [-0.3, -0.25) is 9.59 Å². The Bertz CT molecular complexity index is 1150. The van der Waals surface area contributed by atoms with Crippen molar-refractivity contribution < 1.29 is 14.3 Å². The Labute approximate surface area is 189 Å². The van der Waals surface area contributed by atoms with Crippen molar-refractivity contribution in [2.75, 3.05) is 7.11 Å². The third kappa shape index (κ3) is 4.24. The van der Waals surface area contributed by atoms with Gasteiger partial charge in [0.25, 0.3) is 5.91 Å². The molecule has 1 atom stereocenters. The summed E-state index contributed by atoms with van der Waals surface area (Å²) in [5, 5.41) is 3.05. The van der Waals surface area contributed by atoms with Crippen LogP contribution >= 0.6 is 0 Å². The van der Waals surface area contributed by atoms with Crippen LogP contribution in [0, 0.1) is 0 Å². The molecule has 1 heterocycles. The number of amides is 2. The van der Waals surface area contributed by atoms with E-state index in [1.807, 2.05) is 81.4 Å². The summed E-state index contributed by atoms with van der Waals surface area (Å²) in [7, 11) is 1.57. The zero-order chi connectivity index (χ0) is 22.9. The fraction of sp³-hybridized carbons (Fsp3) is 0.259. The molecule has 1 aliphatic heterocycles. The number of hydrogen-bond acceptors (Lipinski definition) is 3. The molecule has 0 spiro atoms. The molecular formula is C27H28N2O3. The quantitative estimate of drug-likeness (QED) is 0.624. The summed E-state index contributed by atoms with van der Waals surface area (Å²) >= 11 is 0. The van der Waals surface area contributed by atoms with Gasteiger partial charge < -0.3 is 15.0 Å². The number of benzene rings is 3. The summed E-state index contributed by atoms with van der Waals surface area (Å²) < 4.78 is 5.32. The van der Waals surface area contributed by atoms with Crippen LogP contribution in [0.25, 0.3) is 11.1 Å². The standard InChI is InChI=1S/C27H28N2O3/c1-27(2,3)28-25(30)24-22-15-14-20(32-4)16-23(22)26(31)29(24)17-19-12-8-9-13-21(19)18-10-6-5-7-11-18/h5-16,24H,17H2,1-4H3,(H,28,30). The number of ether oxygens (including phenoxy) is 1. The molecule has 2 amide bonds. The summed E-state index contributed by atoms with van der Waals surface area (Å²) in [5.41, 5.74) is 3.91. The van der Waals surface area contributed by atoms with Crippen LogP contribution in [0.4, 0.5) is 0 Å². The predicted octanol–water partition coefficient (Wildman–Crippen LogP) is 4.97. The minimum atomic E-state index is -0.702. The summed E-state index contributed by atoms with van der Waals surface area (Å²) in [4.78, 5) is 28.5. The number of hydrogen-bond donors (Lipinski definition) is 1. The second-order valence-corrected chi connectivity index (χ2v) is 9.05. The van der Waals surface area contributed by atoms with Gasteiger partial charge in [0.15, 0.2) is 0 Å². The zero-order valence-electron chi connectivity index (χ0n) is 18.9. The van der Waals surface area contributed by atoms with Crippen molar-refractivity contribution in [1.29, 1.82) is 0 Å². The highest BCUT2D eigenvalue weighted by atomic mass is 16.5. The highest BCUT2D eigenvalue weighted by Gasteiger charge is 2.42. The number of nitrogens with one attached hydrogen (secondary N) is 1. The summed E-state index contributed by atoms with van der Waals surface area (Å²) in [5.74, 6) is 0.237. The van der Waals surface area contributed by atoms with Crippen LogP contribution in [0.3, 0.4) is 0 Å². The molecule has 1 unspecified atom stereocenters. The molecule has 4 rings (SSSR count). The molecule has 164 valence electrons. The van der Waals surface area contributed by atoms with Gasteiger partial charge in [-0.15, -0.1) is 0 Å². The van der Waals surface area contributed by atoms with Crippen LogP contribution in [0.1, 0.15) is 48.3 Å². The molecule has 0 aliphatic carbocycles. The number of nitrogens with zero attached hydrogens (tertiary/aromatic N) is 1. The lowest BCUT2D eigenvalue weighted by Crippen LogP contribution is -2.46. The average molecular weight is 429 g/mol. The van der Waals surface area contributed by atoms with E-state index in [0.717, 1.165) is 16.7 Å². The third-order valence-corrected chi connectivity index (χ3v) is 5.55. The summed E-state index contributed by atoms with van der Waals surface area (Å²) in [6.07, 6.45) is 0. The molecule has 0 radical (unpaired) electrons. The van der Waals surface area contributed by atoms with E-state index in [-0.39, 0.29) is 11.8 Å². The van der Waals surface area contributed by atoms with Gasteiger partial charge in [-0.25, -0.2) is 0 Å². The Hall–Kier alpha value is -3.60. The zero-order valence-corrected chi connectivity index (χ0v) is 18.9. The van der Waals surface area contributed by atoms with Crippen molar-refractivity contribution in [3.63, 3.8) is 0 Å². The second-order valence-electron chi connectivity index (χ2n) is 9.05. The molecule has 0 bridgehead atoms. The Balaban J connectivity index is 1.76. The average Bonchev–Trinajstić information content (AvgIpc) is 3.04. The topological polar surface area (TPSA) is 58.6 Å². The van der Waals surface area contributed by atoms with Crippen LogP contribution in [0.15, 0.2) is 72.8 Å².